The van der Waals surface area contributed by atoms with Crippen molar-refractivity contribution >= 4 is 5.69 Å². The number of aryl methyl sites for hydroxylation is 1. The fourth-order valence-electron chi connectivity index (χ4n) is 1.66. The minimum absolute atomic E-state index is 0.183. The van der Waals surface area contributed by atoms with Crippen molar-refractivity contribution in [1.82, 2.24) is 5.32 Å². The number of hydrogen-bond donors (Lipinski definition) is 3. The maximum atomic E-state index is 13.2. The summed E-state index contributed by atoms with van der Waals surface area (Å²) in [5.41, 5.74) is 8.35. The van der Waals surface area contributed by atoms with E-state index in [9.17, 15) is 4.39 Å². The summed E-state index contributed by atoms with van der Waals surface area (Å²) < 4.78 is 13.2. The highest BCUT2D eigenvalue weighted by Crippen LogP contribution is 2.20. The Balaban J connectivity index is 2.36. The van der Waals surface area contributed by atoms with Crippen LogP contribution in [0, 0.1) is 19.7 Å². The number of nitrogens with one attached hydrogen (secondary N) is 2. The number of anilines is 1. The molecule has 4 heteroatoms. The van der Waals surface area contributed by atoms with Crippen LogP contribution in [0.15, 0.2) is 12.1 Å². The molecule has 0 saturated heterocycles. The van der Waals surface area contributed by atoms with E-state index in [4.69, 9.17) is 5.73 Å². The van der Waals surface area contributed by atoms with Gasteiger partial charge in [0.25, 0.3) is 0 Å². The second kappa shape index (κ2) is 7.25. The Labute approximate surface area is 103 Å². The topological polar surface area (TPSA) is 50.1 Å². The molecule has 0 aliphatic heterocycles. The fraction of sp³-hybridized carbons (Fsp3) is 0.538. The number of hydrogen-bond acceptors (Lipinski definition) is 3. The zero-order chi connectivity index (χ0) is 12.7. The van der Waals surface area contributed by atoms with Gasteiger partial charge in [-0.25, -0.2) is 4.39 Å². The molecule has 1 aromatic carbocycles. The molecule has 0 atom stereocenters. The van der Waals surface area contributed by atoms with Gasteiger partial charge >= 0.3 is 0 Å². The van der Waals surface area contributed by atoms with Crippen LogP contribution in [0.5, 0.6) is 0 Å². The zero-order valence-corrected chi connectivity index (χ0v) is 10.6. The van der Waals surface area contributed by atoms with Gasteiger partial charge in [0.1, 0.15) is 5.82 Å². The lowest BCUT2D eigenvalue weighted by molar-refractivity contribution is 0.626. The standard InChI is InChI=1S/C13H22FN3/c1-10-8-12(14)9-13(11(10)2)17-6-3-5-16-7-4-15/h8-9,16-17H,3-7,15H2,1-2H3. The van der Waals surface area contributed by atoms with Crippen molar-refractivity contribution in [2.75, 3.05) is 31.5 Å². The zero-order valence-electron chi connectivity index (χ0n) is 10.6. The summed E-state index contributed by atoms with van der Waals surface area (Å²) in [6.45, 7) is 7.20. The summed E-state index contributed by atoms with van der Waals surface area (Å²) in [6, 6.07) is 3.11. The molecule has 0 aliphatic carbocycles. The molecule has 0 heterocycles. The van der Waals surface area contributed by atoms with Crippen molar-refractivity contribution in [1.29, 1.82) is 0 Å². The van der Waals surface area contributed by atoms with E-state index < -0.39 is 0 Å². The first kappa shape index (κ1) is 13.9. The number of halogens is 1. The van der Waals surface area contributed by atoms with E-state index in [0.717, 1.165) is 42.9 Å². The highest BCUT2D eigenvalue weighted by Gasteiger charge is 2.03. The third-order valence-corrected chi connectivity index (χ3v) is 2.80. The lowest BCUT2D eigenvalue weighted by atomic mass is 10.1. The van der Waals surface area contributed by atoms with Gasteiger partial charge < -0.3 is 16.4 Å². The van der Waals surface area contributed by atoms with Crippen molar-refractivity contribution < 1.29 is 4.39 Å². The van der Waals surface area contributed by atoms with Crippen LogP contribution in [-0.4, -0.2) is 26.2 Å². The molecule has 0 fully saturated rings. The lowest BCUT2D eigenvalue weighted by Crippen LogP contribution is -2.24. The summed E-state index contributed by atoms with van der Waals surface area (Å²) in [4.78, 5) is 0. The third-order valence-electron chi connectivity index (χ3n) is 2.80. The van der Waals surface area contributed by atoms with Crippen molar-refractivity contribution in [3.8, 4) is 0 Å². The molecule has 1 aromatic rings. The van der Waals surface area contributed by atoms with E-state index in [2.05, 4.69) is 10.6 Å². The highest BCUT2D eigenvalue weighted by molar-refractivity contribution is 5.54. The molecular formula is C13H22FN3. The quantitative estimate of drug-likeness (QED) is 0.636. The van der Waals surface area contributed by atoms with E-state index in [1.807, 2.05) is 13.8 Å². The van der Waals surface area contributed by atoms with E-state index >= 15 is 0 Å². The molecule has 0 aliphatic rings. The van der Waals surface area contributed by atoms with Crippen LogP contribution in [0.1, 0.15) is 17.5 Å². The molecule has 0 radical (unpaired) electrons. The van der Waals surface area contributed by atoms with Crippen molar-refractivity contribution in [3.63, 3.8) is 0 Å². The summed E-state index contributed by atoms with van der Waals surface area (Å²) in [6.07, 6.45) is 0.995. The first-order valence-electron chi connectivity index (χ1n) is 6.06. The van der Waals surface area contributed by atoms with E-state index in [1.54, 1.807) is 12.1 Å². The monoisotopic (exact) mass is 239 g/mol. The Bertz CT molecular complexity index is 353. The van der Waals surface area contributed by atoms with Crippen LogP contribution >= 0.6 is 0 Å². The van der Waals surface area contributed by atoms with Crippen LogP contribution in [-0.2, 0) is 0 Å². The Hall–Kier alpha value is -1.13. The van der Waals surface area contributed by atoms with Crippen LogP contribution in [0.3, 0.4) is 0 Å². The van der Waals surface area contributed by atoms with Crippen molar-refractivity contribution in [2.45, 2.75) is 20.3 Å². The molecule has 3 nitrogen and oxygen atoms in total. The van der Waals surface area contributed by atoms with Gasteiger partial charge in [0.15, 0.2) is 0 Å². The average molecular weight is 239 g/mol. The lowest BCUT2D eigenvalue weighted by Gasteiger charge is -2.12. The first-order chi connectivity index (χ1) is 8.15. The molecule has 0 amide bonds. The van der Waals surface area contributed by atoms with Crippen LogP contribution in [0.25, 0.3) is 0 Å². The number of rotatable bonds is 7. The van der Waals surface area contributed by atoms with E-state index in [1.165, 1.54) is 0 Å². The summed E-state index contributed by atoms with van der Waals surface area (Å²) >= 11 is 0. The van der Waals surface area contributed by atoms with E-state index in [0.29, 0.717) is 6.54 Å². The predicted molar refractivity (Wildman–Crippen MR) is 70.9 cm³/mol. The molecule has 0 aromatic heterocycles. The van der Waals surface area contributed by atoms with Crippen LogP contribution in [0.2, 0.25) is 0 Å². The summed E-state index contributed by atoms with van der Waals surface area (Å²) in [7, 11) is 0. The smallest absolute Gasteiger partial charge is 0.125 e. The Kier molecular flexibility index (Phi) is 5.94. The molecule has 0 unspecified atom stereocenters. The second-order valence-corrected chi connectivity index (χ2v) is 4.21. The van der Waals surface area contributed by atoms with Crippen LogP contribution < -0.4 is 16.4 Å². The van der Waals surface area contributed by atoms with Gasteiger partial charge in [-0.2, -0.15) is 0 Å². The van der Waals surface area contributed by atoms with Gasteiger partial charge in [-0.3, -0.25) is 0 Å². The molecule has 17 heavy (non-hydrogen) atoms. The normalized spacial score (nSPS) is 10.6. The summed E-state index contributed by atoms with van der Waals surface area (Å²) in [5, 5.41) is 6.48. The van der Waals surface area contributed by atoms with Gasteiger partial charge in [0.2, 0.25) is 0 Å². The number of nitrogens with two attached hydrogens (primary N) is 1. The fourth-order valence-corrected chi connectivity index (χ4v) is 1.66. The van der Waals surface area contributed by atoms with Gasteiger partial charge in [-0.05, 0) is 50.1 Å². The Morgan fingerprint density at radius 2 is 1.94 bits per heavy atom. The Morgan fingerprint density at radius 3 is 2.65 bits per heavy atom. The highest BCUT2D eigenvalue weighted by atomic mass is 19.1. The average Bonchev–Trinajstić information content (AvgIpc) is 2.29. The second-order valence-electron chi connectivity index (χ2n) is 4.21. The van der Waals surface area contributed by atoms with Crippen molar-refractivity contribution in [2.24, 2.45) is 5.73 Å². The predicted octanol–water partition coefficient (Wildman–Crippen LogP) is 1.79. The molecular weight excluding hydrogens is 217 g/mol. The number of benzene rings is 1. The van der Waals surface area contributed by atoms with Gasteiger partial charge in [-0.15, -0.1) is 0 Å². The van der Waals surface area contributed by atoms with E-state index in [-0.39, 0.29) is 5.82 Å². The first-order valence-corrected chi connectivity index (χ1v) is 6.06. The Morgan fingerprint density at radius 1 is 1.18 bits per heavy atom. The van der Waals surface area contributed by atoms with Gasteiger partial charge in [-0.1, -0.05) is 0 Å². The van der Waals surface area contributed by atoms with Gasteiger partial charge in [0.05, 0.1) is 0 Å². The van der Waals surface area contributed by atoms with Gasteiger partial charge in [0, 0.05) is 25.3 Å². The minimum Gasteiger partial charge on any atom is -0.385 e. The SMILES string of the molecule is Cc1cc(F)cc(NCCCNCCN)c1C. The minimum atomic E-state index is -0.183. The molecule has 0 spiro atoms. The molecule has 0 bridgehead atoms. The molecule has 1 rings (SSSR count). The molecule has 4 N–H and O–H groups in total. The van der Waals surface area contributed by atoms with Crippen molar-refractivity contribution in [3.05, 3.63) is 29.1 Å². The summed E-state index contributed by atoms with van der Waals surface area (Å²) in [5.74, 6) is -0.183. The third kappa shape index (κ3) is 4.71. The molecule has 0 saturated carbocycles. The van der Waals surface area contributed by atoms with Crippen LogP contribution in [0.4, 0.5) is 10.1 Å². The maximum absolute atomic E-state index is 13.2. The molecule has 96 valence electrons. The largest absolute Gasteiger partial charge is 0.385 e. The maximum Gasteiger partial charge on any atom is 0.125 e.